The van der Waals surface area contributed by atoms with Gasteiger partial charge in [0.15, 0.2) is 0 Å². The van der Waals surface area contributed by atoms with Crippen LogP contribution in [0, 0.1) is 6.92 Å². The normalized spacial score (nSPS) is 17.8. The number of ether oxygens (including phenoxy) is 2. The molecule has 138 valence electrons. The van der Waals surface area contributed by atoms with Crippen LogP contribution in [0.3, 0.4) is 0 Å². The van der Waals surface area contributed by atoms with Crippen molar-refractivity contribution in [2.45, 2.75) is 32.5 Å². The van der Waals surface area contributed by atoms with Gasteiger partial charge in [0, 0.05) is 24.7 Å². The van der Waals surface area contributed by atoms with Gasteiger partial charge in [-0.15, -0.1) is 0 Å². The Balaban J connectivity index is 1.70. The third kappa shape index (κ3) is 4.84. The Morgan fingerprint density at radius 2 is 1.92 bits per heavy atom. The zero-order chi connectivity index (χ0) is 18.4. The summed E-state index contributed by atoms with van der Waals surface area (Å²) in [4.78, 5) is 13.3. The first-order chi connectivity index (χ1) is 12.6. The maximum absolute atomic E-state index is 11.1. The molecule has 1 heterocycles. The lowest BCUT2D eigenvalue weighted by Gasteiger charge is -2.35. The van der Waals surface area contributed by atoms with E-state index in [9.17, 15) is 4.79 Å². The van der Waals surface area contributed by atoms with E-state index in [2.05, 4.69) is 24.0 Å². The van der Waals surface area contributed by atoms with Crippen molar-refractivity contribution < 1.29 is 19.4 Å². The van der Waals surface area contributed by atoms with Crippen LogP contribution in [-0.4, -0.2) is 41.8 Å². The molecule has 3 rings (SSSR count). The third-order valence-electron chi connectivity index (χ3n) is 4.75. The molecule has 0 aliphatic carbocycles. The number of rotatable bonds is 7. The largest absolute Gasteiger partial charge is 0.489 e. The fourth-order valence-electron chi connectivity index (χ4n) is 3.21. The molecular weight excluding hydrogens is 330 g/mol. The van der Waals surface area contributed by atoms with Crippen molar-refractivity contribution in [1.82, 2.24) is 4.90 Å². The van der Waals surface area contributed by atoms with Crippen molar-refractivity contribution in [3.05, 3.63) is 65.2 Å². The Labute approximate surface area is 154 Å². The fraction of sp³-hybridized carbons (Fsp3) is 0.381. The van der Waals surface area contributed by atoms with E-state index in [1.54, 1.807) is 0 Å². The van der Waals surface area contributed by atoms with Gasteiger partial charge in [0.1, 0.15) is 12.4 Å². The van der Waals surface area contributed by atoms with Crippen LogP contribution in [0.5, 0.6) is 5.75 Å². The minimum atomic E-state index is -0.797. The molecule has 1 aliphatic heterocycles. The van der Waals surface area contributed by atoms with E-state index in [0.29, 0.717) is 26.4 Å². The number of aryl methyl sites for hydroxylation is 1. The van der Waals surface area contributed by atoms with E-state index in [4.69, 9.17) is 14.6 Å². The highest BCUT2D eigenvalue weighted by molar-refractivity contribution is 5.67. The van der Waals surface area contributed by atoms with Crippen LogP contribution in [0.2, 0.25) is 0 Å². The van der Waals surface area contributed by atoms with Crippen molar-refractivity contribution in [1.29, 1.82) is 0 Å². The van der Waals surface area contributed by atoms with Crippen LogP contribution in [0.15, 0.2) is 48.5 Å². The SMILES string of the molecule is Cc1ccccc1COc1ccccc1CN1CCOC[C@H]1CC(=O)O. The summed E-state index contributed by atoms with van der Waals surface area (Å²) < 4.78 is 11.6. The molecule has 0 saturated carbocycles. The molecule has 1 aliphatic rings. The molecule has 2 aromatic rings. The third-order valence-corrected chi connectivity index (χ3v) is 4.75. The van der Waals surface area contributed by atoms with Crippen molar-refractivity contribution in [2.75, 3.05) is 19.8 Å². The van der Waals surface area contributed by atoms with Crippen LogP contribution in [0.1, 0.15) is 23.1 Å². The average Bonchev–Trinajstić information content (AvgIpc) is 2.63. The maximum Gasteiger partial charge on any atom is 0.305 e. The Bertz CT molecular complexity index is 746. The highest BCUT2D eigenvalue weighted by atomic mass is 16.5. The van der Waals surface area contributed by atoms with Gasteiger partial charge in [0.2, 0.25) is 0 Å². The first-order valence-corrected chi connectivity index (χ1v) is 8.92. The Kier molecular flexibility index (Phi) is 6.26. The molecule has 0 spiro atoms. The molecule has 1 atom stereocenters. The molecule has 0 radical (unpaired) electrons. The lowest BCUT2D eigenvalue weighted by atomic mass is 10.1. The van der Waals surface area contributed by atoms with Crippen LogP contribution in [0.25, 0.3) is 0 Å². The number of benzene rings is 2. The molecular formula is C21H25NO4. The molecule has 2 aromatic carbocycles. The highest BCUT2D eigenvalue weighted by Crippen LogP contribution is 2.24. The van der Waals surface area contributed by atoms with Gasteiger partial charge in [-0.2, -0.15) is 0 Å². The van der Waals surface area contributed by atoms with E-state index < -0.39 is 5.97 Å². The van der Waals surface area contributed by atoms with Gasteiger partial charge in [-0.3, -0.25) is 9.69 Å². The minimum absolute atomic E-state index is 0.0895. The minimum Gasteiger partial charge on any atom is -0.489 e. The molecule has 1 saturated heterocycles. The van der Waals surface area contributed by atoms with Gasteiger partial charge in [0.25, 0.3) is 0 Å². The molecule has 0 amide bonds. The number of carboxylic acids is 1. The monoisotopic (exact) mass is 355 g/mol. The molecule has 26 heavy (non-hydrogen) atoms. The van der Waals surface area contributed by atoms with Crippen molar-refractivity contribution in [3.8, 4) is 5.75 Å². The van der Waals surface area contributed by atoms with Crippen LogP contribution in [0.4, 0.5) is 0 Å². The number of para-hydroxylation sites is 1. The molecule has 5 heteroatoms. The standard InChI is InChI=1S/C21H25NO4/c1-16-6-2-3-8-18(16)14-26-20-9-5-4-7-17(20)13-22-10-11-25-15-19(22)12-21(23)24/h2-9,19H,10-15H2,1H3,(H,23,24)/t19-/m1/s1. The van der Waals surface area contributed by atoms with Gasteiger partial charge < -0.3 is 14.6 Å². The van der Waals surface area contributed by atoms with Gasteiger partial charge in [-0.25, -0.2) is 0 Å². The second-order valence-electron chi connectivity index (χ2n) is 6.62. The fourth-order valence-corrected chi connectivity index (χ4v) is 3.21. The number of hydrogen-bond acceptors (Lipinski definition) is 4. The summed E-state index contributed by atoms with van der Waals surface area (Å²) in [7, 11) is 0. The summed E-state index contributed by atoms with van der Waals surface area (Å²) in [5.41, 5.74) is 3.44. The highest BCUT2D eigenvalue weighted by Gasteiger charge is 2.26. The van der Waals surface area contributed by atoms with Gasteiger partial charge in [-0.05, 0) is 24.1 Å². The van der Waals surface area contributed by atoms with E-state index in [1.807, 2.05) is 36.4 Å². The summed E-state index contributed by atoms with van der Waals surface area (Å²) in [6.45, 7) is 5.07. The summed E-state index contributed by atoms with van der Waals surface area (Å²) in [5, 5.41) is 9.13. The van der Waals surface area contributed by atoms with Gasteiger partial charge in [-0.1, -0.05) is 42.5 Å². The van der Waals surface area contributed by atoms with Crippen molar-refractivity contribution >= 4 is 5.97 Å². The zero-order valence-corrected chi connectivity index (χ0v) is 15.1. The lowest BCUT2D eigenvalue weighted by molar-refractivity contribution is -0.140. The second kappa shape index (κ2) is 8.83. The zero-order valence-electron chi connectivity index (χ0n) is 15.1. The molecule has 0 aromatic heterocycles. The van der Waals surface area contributed by atoms with E-state index >= 15 is 0 Å². The number of carbonyl (C=O) groups is 1. The Morgan fingerprint density at radius 3 is 2.69 bits per heavy atom. The lowest BCUT2D eigenvalue weighted by Crippen LogP contribution is -2.45. The van der Waals surface area contributed by atoms with Crippen molar-refractivity contribution in [3.63, 3.8) is 0 Å². The molecule has 0 unspecified atom stereocenters. The molecule has 5 nitrogen and oxygen atoms in total. The number of morpholine rings is 1. The van der Waals surface area contributed by atoms with E-state index in [1.165, 1.54) is 5.56 Å². The number of nitrogens with zero attached hydrogens (tertiary/aromatic N) is 1. The number of aliphatic carboxylic acids is 1. The summed E-state index contributed by atoms with van der Waals surface area (Å²) in [5.74, 6) is 0.0471. The maximum atomic E-state index is 11.1. The summed E-state index contributed by atoms with van der Waals surface area (Å²) in [6.07, 6.45) is 0.0895. The predicted octanol–water partition coefficient (Wildman–Crippen LogP) is 3.25. The van der Waals surface area contributed by atoms with Gasteiger partial charge >= 0.3 is 5.97 Å². The molecule has 0 bridgehead atoms. The quantitative estimate of drug-likeness (QED) is 0.826. The summed E-state index contributed by atoms with van der Waals surface area (Å²) >= 11 is 0. The Hall–Kier alpha value is -2.37. The second-order valence-corrected chi connectivity index (χ2v) is 6.62. The van der Waals surface area contributed by atoms with Gasteiger partial charge in [0.05, 0.1) is 19.6 Å². The van der Waals surface area contributed by atoms with E-state index in [-0.39, 0.29) is 12.5 Å². The van der Waals surface area contributed by atoms with Crippen LogP contribution in [-0.2, 0) is 22.7 Å². The first-order valence-electron chi connectivity index (χ1n) is 8.92. The first kappa shape index (κ1) is 18.4. The van der Waals surface area contributed by atoms with Crippen molar-refractivity contribution in [2.24, 2.45) is 0 Å². The van der Waals surface area contributed by atoms with Crippen LogP contribution >= 0.6 is 0 Å². The number of carboxylic acid groups (broad SMARTS) is 1. The molecule has 1 N–H and O–H groups in total. The summed E-state index contributed by atoms with van der Waals surface area (Å²) in [6, 6.07) is 16.0. The van der Waals surface area contributed by atoms with Crippen LogP contribution < -0.4 is 4.74 Å². The molecule has 1 fully saturated rings. The predicted molar refractivity (Wildman–Crippen MR) is 99.2 cm³/mol. The average molecular weight is 355 g/mol. The smallest absolute Gasteiger partial charge is 0.305 e. The Morgan fingerprint density at radius 1 is 1.19 bits per heavy atom. The topological polar surface area (TPSA) is 59.0 Å². The van der Waals surface area contributed by atoms with E-state index in [0.717, 1.165) is 23.4 Å². The number of hydrogen-bond donors (Lipinski definition) is 1.